The van der Waals surface area contributed by atoms with Crippen LogP contribution in [0, 0.1) is 0 Å². The molecular formula is C19H16ClNO2. The standard InChI is InChI=1S/C19H16ClNO2/c1-2-3-11-19(20)17(22)14-9-6-8-13-12-7-4-5-10-15(12)21(16(13)14)18(19)23/h4-10H,2-3,11H2,1H3/t19-/m0/s1. The number of rotatable bonds is 3. The number of benzene rings is 2. The third-order valence-electron chi connectivity index (χ3n) is 4.72. The molecule has 116 valence electrons. The van der Waals surface area contributed by atoms with E-state index in [9.17, 15) is 9.59 Å². The summed E-state index contributed by atoms with van der Waals surface area (Å²) in [6.45, 7) is 2.02. The van der Waals surface area contributed by atoms with E-state index in [1.165, 1.54) is 0 Å². The summed E-state index contributed by atoms with van der Waals surface area (Å²) in [7, 11) is 0. The first-order valence-corrected chi connectivity index (χ1v) is 8.28. The van der Waals surface area contributed by atoms with E-state index in [2.05, 4.69) is 0 Å². The highest BCUT2D eigenvalue weighted by molar-refractivity contribution is 6.52. The highest BCUT2D eigenvalue weighted by Gasteiger charge is 2.49. The Labute approximate surface area is 138 Å². The number of hydrogen-bond acceptors (Lipinski definition) is 2. The van der Waals surface area contributed by atoms with Crippen LogP contribution in [0.5, 0.6) is 0 Å². The maximum absolute atomic E-state index is 13.1. The summed E-state index contributed by atoms with van der Waals surface area (Å²) in [4.78, 5) is 24.6. The predicted molar refractivity (Wildman–Crippen MR) is 92.5 cm³/mol. The van der Waals surface area contributed by atoms with E-state index < -0.39 is 4.87 Å². The van der Waals surface area contributed by atoms with Gasteiger partial charge in [0.15, 0.2) is 10.7 Å². The van der Waals surface area contributed by atoms with Gasteiger partial charge < -0.3 is 0 Å². The van der Waals surface area contributed by atoms with Gasteiger partial charge in [0.25, 0.3) is 5.91 Å². The second kappa shape index (κ2) is 4.93. The van der Waals surface area contributed by atoms with Crippen LogP contribution < -0.4 is 0 Å². The number of ketones is 1. The number of hydrogen-bond donors (Lipinski definition) is 0. The van der Waals surface area contributed by atoms with Crippen LogP contribution in [0.3, 0.4) is 0 Å². The van der Waals surface area contributed by atoms with Crippen LogP contribution >= 0.6 is 11.6 Å². The van der Waals surface area contributed by atoms with E-state index in [1.807, 2.05) is 43.3 Å². The molecule has 3 nitrogen and oxygen atoms in total. The summed E-state index contributed by atoms with van der Waals surface area (Å²) >= 11 is 6.60. The van der Waals surface area contributed by atoms with E-state index in [1.54, 1.807) is 10.6 Å². The summed E-state index contributed by atoms with van der Waals surface area (Å²) in [5.41, 5.74) is 2.05. The summed E-state index contributed by atoms with van der Waals surface area (Å²) in [5.74, 6) is -0.582. The molecule has 0 saturated carbocycles. The topological polar surface area (TPSA) is 39.1 Å². The van der Waals surface area contributed by atoms with Gasteiger partial charge in [0.2, 0.25) is 0 Å². The first kappa shape index (κ1) is 14.5. The SMILES string of the molecule is CCCC[C@]1(Cl)C(=O)c2cccc3c4ccccc4n(c23)C1=O. The fourth-order valence-electron chi connectivity index (χ4n) is 3.54. The molecule has 0 bridgehead atoms. The Morgan fingerprint density at radius 3 is 2.57 bits per heavy atom. The molecule has 1 aliphatic rings. The van der Waals surface area contributed by atoms with Gasteiger partial charge in [0.1, 0.15) is 0 Å². The zero-order valence-corrected chi connectivity index (χ0v) is 13.6. The predicted octanol–water partition coefficient (Wildman–Crippen LogP) is 4.80. The molecule has 0 aliphatic carbocycles. The zero-order chi connectivity index (χ0) is 16.2. The molecule has 3 aromatic rings. The number of unbranched alkanes of at least 4 members (excludes halogenated alkanes) is 1. The highest BCUT2D eigenvalue weighted by atomic mass is 35.5. The minimum absolute atomic E-state index is 0.265. The molecule has 4 heteroatoms. The molecular weight excluding hydrogens is 310 g/mol. The van der Waals surface area contributed by atoms with Crippen LogP contribution in [0.1, 0.15) is 41.3 Å². The molecule has 0 N–H and O–H groups in total. The fourth-order valence-corrected chi connectivity index (χ4v) is 3.86. The van der Waals surface area contributed by atoms with E-state index in [0.717, 1.165) is 29.1 Å². The Hall–Kier alpha value is -2.13. The number of halogens is 1. The van der Waals surface area contributed by atoms with Gasteiger partial charge in [0.05, 0.1) is 11.0 Å². The molecule has 0 unspecified atom stereocenters. The number of carbonyl (C=O) groups excluding carboxylic acids is 2. The second-order valence-corrected chi connectivity index (χ2v) is 6.74. The van der Waals surface area contributed by atoms with Crippen molar-refractivity contribution in [1.82, 2.24) is 4.57 Å². The van der Waals surface area contributed by atoms with Gasteiger partial charge in [0, 0.05) is 16.3 Å². The zero-order valence-electron chi connectivity index (χ0n) is 12.8. The molecule has 1 aromatic heterocycles. The van der Waals surface area contributed by atoms with Crippen LogP contribution in [-0.4, -0.2) is 21.1 Å². The van der Waals surface area contributed by atoms with Crippen LogP contribution in [0.15, 0.2) is 42.5 Å². The Bertz CT molecular complexity index is 972. The van der Waals surface area contributed by atoms with Crippen molar-refractivity contribution in [3.63, 3.8) is 0 Å². The summed E-state index contributed by atoms with van der Waals surface area (Å²) in [6.07, 6.45) is 2.00. The van der Waals surface area contributed by atoms with Gasteiger partial charge in [-0.2, -0.15) is 0 Å². The quantitative estimate of drug-likeness (QED) is 0.512. The van der Waals surface area contributed by atoms with Crippen LogP contribution in [0.4, 0.5) is 0 Å². The minimum Gasteiger partial charge on any atom is -0.291 e. The maximum atomic E-state index is 13.1. The van der Waals surface area contributed by atoms with Crippen LogP contribution in [0.25, 0.3) is 21.8 Å². The first-order chi connectivity index (χ1) is 11.1. The number of aromatic nitrogens is 1. The molecule has 0 radical (unpaired) electrons. The smallest absolute Gasteiger partial charge is 0.260 e. The lowest BCUT2D eigenvalue weighted by Gasteiger charge is -2.29. The van der Waals surface area contributed by atoms with E-state index in [0.29, 0.717) is 17.5 Å². The monoisotopic (exact) mass is 325 g/mol. The van der Waals surface area contributed by atoms with Crippen molar-refractivity contribution in [1.29, 1.82) is 0 Å². The van der Waals surface area contributed by atoms with Crippen molar-refractivity contribution in [3.8, 4) is 0 Å². The molecule has 23 heavy (non-hydrogen) atoms. The first-order valence-electron chi connectivity index (χ1n) is 7.90. The molecule has 0 amide bonds. The van der Waals surface area contributed by atoms with Crippen molar-refractivity contribution < 1.29 is 9.59 Å². The Balaban J connectivity index is 2.11. The molecule has 0 saturated heterocycles. The average molecular weight is 326 g/mol. The van der Waals surface area contributed by atoms with Gasteiger partial charge in [-0.1, -0.05) is 61.7 Å². The number of Topliss-reactive ketones (excluding diaryl/α,β-unsaturated/α-hetero) is 1. The Morgan fingerprint density at radius 2 is 1.78 bits per heavy atom. The lowest BCUT2D eigenvalue weighted by Crippen LogP contribution is -2.47. The molecule has 2 heterocycles. The number of alkyl halides is 1. The minimum atomic E-state index is -1.49. The largest absolute Gasteiger partial charge is 0.291 e. The van der Waals surface area contributed by atoms with E-state index in [-0.39, 0.29) is 11.7 Å². The van der Waals surface area contributed by atoms with Crippen LogP contribution in [0.2, 0.25) is 0 Å². The maximum Gasteiger partial charge on any atom is 0.260 e. The third kappa shape index (κ3) is 1.77. The van der Waals surface area contributed by atoms with Gasteiger partial charge in [-0.3, -0.25) is 14.2 Å². The Kier molecular flexibility index (Phi) is 3.10. The van der Waals surface area contributed by atoms with Crippen molar-refractivity contribution in [2.45, 2.75) is 31.1 Å². The van der Waals surface area contributed by atoms with Crippen molar-refractivity contribution in [3.05, 3.63) is 48.0 Å². The summed E-state index contributed by atoms with van der Waals surface area (Å²) < 4.78 is 1.64. The molecule has 4 rings (SSSR count). The summed E-state index contributed by atoms with van der Waals surface area (Å²) in [5, 5.41) is 1.90. The Morgan fingerprint density at radius 1 is 1.04 bits per heavy atom. The normalized spacial score (nSPS) is 20.6. The molecule has 2 aromatic carbocycles. The molecule has 1 aliphatic heterocycles. The molecule has 0 fully saturated rings. The number of carbonyl (C=O) groups is 2. The van der Waals surface area contributed by atoms with Crippen molar-refractivity contribution in [2.24, 2.45) is 0 Å². The lowest BCUT2D eigenvalue weighted by molar-refractivity contribution is 0.0765. The van der Waals surface area contributed by atoms with Gasteiger partial charge in [-0.25, -0.2) is 0 Å². The van der Waals surface area contributed by atoms with Crippen molar-refractivity contribution in [2.75, 3.05) is 0 Å². The number of para-hydroxylation sites is 2. The fraction of sp³-hybridized carbons (Fsp3) is 0.263. The van der Waals surface area contributed by atoms with Crippen LogP contribution in [-0.2, 0) is 0 Å². The number of nitrogens with zero attached hydrogens (tertiary/aromatic N) is 1. The third-order valence-corrected chi connectivity index (χ3v) is 5.24. The second-order valence-electron chi connectivity index (χ2n) is 6.09. The lowest BCUT2D eigenvalue weighted by atomic mass is 9.87. The molecule has 0 spiro atoms. The van der Waals surface area contributed by atoms with E-state index in [4.69, 9.17) is 11.6 Å². The summed E-state index contributed by atoms with van der Waals surface area (Å²) in [6, 6.07) is 13.3. The average Bonchev–Trinajstić information content (AvgIpc) is 2.92. The van der Waals surface area contributed by atoms with E-state index >= 15 is 0 Å². The van der Waals surface area contributed by atoms with Gasteiger partial charge >= 0.3 is 0 Å². The molecule has 1 atom stereocenters. The van der Waals surface area contributed by atoms with Gasteiger partial charge in [-0.15, -0.1) is 0 Å². The number of fused-ring (bicyclic) bond motifs is 3. The highest BCUT2D eigenvalue weighted by Crippen LogP contribution is 2.41. The van der Waals surface area contributed by atoms with Gasteiger partial charge in [-0.05, 0) is 18.6 Å². The van der Waals surface area contributed by atoms with Crippen molar-refractivity contribution >= 4 is 45.1 Å².